The van der Waals surface area contributed by atoms with Crippen LogP contribution in [0.2, 0.25) is 0 Å². The van der Waals surface area contributed by atoms with Crippen molar-refractivity contribution in [3.05, 3.63) is 95.6 Å². The predicted octanol–water partition coefficient (Wildman–Crippen LogP) is 0.741. The van der Waals surface area contributed by atoms with Gasteiger partial charge in [-0.15, -0.1) is 0 Å². The smallest absolute Gasteiger partial charge is 0.410 e. The standard InChI is InChI=1S/C20H14NO2.BrH/c22-20-19(21-13-7-2-8-14-21)18(15-9-3-1-4-10-15)16-11-5-6-12-17(16)23-20;/h1-14H;1H/q+1;/p-1. The SMILES string of the molecule is O=c1oc2ccccc2c(-c2ccccc2)c1-[n+]1ccccc1.[Br-]. The summed E-state index contributed by atoms with van der Waals surface area (Å²) in [5.74, 6) is 0. The van der Waals surface area contributed by atoms with Crippen molar-refractivity contribution in [2.45, 2.75) is 0 Å². The van der Waals surface area contributed by atoms with Crippen LogP contribution in [0, 0.1) is 0 Å². The lowest BCUT2D eigenvalue weighted by Gasteiger charge is -2.07. The van der Waals surface area contributed by atoms with E-state index in [-0.39, 0.29) is 22.6 Å². The van der Waals surface area contributed by atoms with Crippen LogP contribution in [-0.2, 0) is 0 Å². The van der Waals surface area contributed by atoms with Crippen molar-refractivity contribution in [2.24, 2.45) is 0 Å². The molecule has 2 aromatic heterocycles. The summed E-state index contributed by atoms with van der Waals surface area (Å²) in [4.78, 5) is 12.6. The van der Waals surface area contributed by atoms with E-state index in [0.29, 0.717) is 11.3 Å². The maximum absolute atomic E-state index is 12.6. The Bertz CT molecular complexity index is 1030. The van der Waals surface area contributed by atoms with E-state index >= 15 is 0 Å². The highest BCUT2D eigenvalue weighted by Gasteiger charge is 2.23. The molecule has 24 heavy (non-hydrogen) atoms. The second-order valence-electron chi connectivity index (χ2n) is 5.26. The van der Waals surface area contributed by atoms with E-state index in [1.54, 1.807) is 4.57 Å². The van der Waals surface area contributed by atoms with Crippen LogP contribution in [0.25, 0.3) is 27.8 Å². The summed E-state index contributed by atoms with van der Waals surface area (Å²) in [6.45, 7) is 0. The number of para-hydroxylation sites is 1. The number of nitrogens with zero attached hydrogens (tertiary/aromatic N) is 1. The molecule has 0 radical (unpaired) electrons. The zero-order chi connectivity index (χ0) is 15.6. The zero-order valence-electron chi connectivity index (χ0n) is 12.7. The van der Waals surface area contributed by atoms with E-state index < -0.39 is 0 Å². The molecule has 0 aliphatic heterocycles. The van der Waals surface area contributed by atoms with Crippen molar-refractivity contribution in [2.75, 3.05) is 0 Å². The van der Waals surface area contributed by atoms with Gasteiger partial charge in [0.25, 0.3) is 0 Å². The molecule has 0 bridgehead atoms. The second kappa shape index (κ2) is 6.81. The van der Waals surface area contributed by atoms with Crippen LogP contribution in [0.5, 0.6) is 0 Å². The molecule has 2 aromatic carbocycles. The van der Waals surface area contributed by atoms with Gasteiger partial charge in [0.15, 0.2) is 12.4 Å². The van der Waals surface area contributed by atoms with E-state index in [2.05, 4.69) is 0 Å². The summed E-state index contributed by atoms with van der Waals surface area (Å²) in [5.41, 5.74) is 2.64. The molecular weight excluding hydrogens is 366 g/mol. The molecule has 0 unspecified atom stereocenters. The van der Waals surface area contributed by atoms with Gasteiger partial charge in [-0.05, 0) is 11.6 Å². The molecule has 4 rings (SSSR count). The summed E-state index contributed by atoms with van der Waals surface area (Å²) >= 11 is 0. The minimum absolute atomic E-state index is 0. The fourth-order valence-corrected chi connectivity index (χ4v) is 2.82. The Kier molecular flexibility index (Phi) is 4.58. The number of pyridine rings is 1. The van der Waals surface area contributed by atoms with Crippen LogP contribution in [0.4, 0.5) is 0 Å². The highest BCUT2D eigenvalue weighted by Crippen LogP contribution is 2.30. The Balaban J connectivity index is 0.00000169. The molecule has 3 nitrogen and oxygen atoms in total. The van der Waals surface area contributed by atoms with Gasteiger partial charge < -0.3 is 21.4 Å². The Morgan fingerprint density at radius 3 is 2.12 bits per heavy atom. The average molecular weight is 380 g/mol. The Hall–Kier alpha value is -2.72. The first kappa shape index (κ1) is 16.1. The van der Waals surface area contributed by atoms with Crippen molar-refractivity contribution in [1.82, 2.24) is 0 Å². The van der Waals surface area contributed by atoms with Gasteiger partial charge in [-0.1, -0.05) is 54.6 Å². The first-order valence-electron chi connectivity index (χ1n) is 7.42. The molecule has 0 saturated carbocycles. The minimum Gasteiger partial charge on any atom is -1.00 e. The number of halogens is 1. The third-order valence-electron chi connectivity index (χ3n) is 3.83. The molecular formula is C20H14BrNO2. The number of hydrogen-bond acceptors (Lipinski definition) is 2. The van der Waals surface area contributed by atoms with E-state index in [0.717, 1.165) is 16.5 Å². The Labute approximate surface area is 149 Å². The van der Waals surface area contributed by atoms with Crippen molar-refractivity contribution in [1.29, 1.82) is 0 Å². The second-order valence-corrected chi connectivity index (χ2v) is 5.26. The predicted molar refractivity (Wildman–Crippen MR) is 89.5 cm³/mol. The summed E-state index contributed by atoms with van der Waals surface area (Å²) in [7, 11) is 0. The van der Waals surface area contributed by atoms with Crippen LogP contribution in [-0.4, -0.2) is 0 Å². The lowest BCUT2D eigenvalue weighted by molar-refractivity contribution is -0.596. The fraction of sp³-hybridized carbons (Fsp3) is 0. The van der Waals surface area contributed by atoms with Gasteiger partial charge in [0.1, 0.15) is 5.58 Å². The quantitative estimate of drug-likeness (QED) is 0.380. The van der Waals surface area contributed by atoms with Gasteiger partial charge in [0.2, 0.25) is 0 Å². The van der Waals surface area contributed by atoms with Crippen molar-refractivity contribution in [3.8, 4) is 16.8 Å². The maximum Gasteiger partial charge on any atom is 0.410 e. The van der Waals surface area contributed by atoms with Crippen LogP contribution in [0.15, 0.2) is 94.4 Å². The molecule has 0 saturated heterocycles. The third-order valence-corrected chi connectivity index (χ3v) is 3.83. The molecule has 0 fully saturated rings. The number of aromatic nitrogens is 1. The van der Waals surface area contributed by atoms with Gasteiger partial charge in [-0.2, -0.15) is 4.57 Å². The van der Waals surface area contributed by atoms with Gasteiger partial charge >= 0.3 is 11.3 Å². The van der Waals surface area contributed by atoms with Crippen molar-refractivity contribution in [3.63, 3.8) is 0 Å². The molecule has 0 aliphatic rings. The highest BCUT2D eigenvalue weighted by atomic mass is 79.9. The van der Waals surface area contributed by atoms with Crippen molar-refractivity contribution >= 4 is 11.0 Å². The monoisotopic (exact) mass is 379 g/mol. The highest BCUT2D eigenvalue weighted by molar-refractivity contribution is 5.96. The van der Waals surface area contributed by atoms with Gasteiger partial charge in [-0.25, -0.2) is 4.79 Å². The van der Waals surface area contributed by atoms with Crippen LogP contribution in [0.1, 0.15) is 0 Å². The average Bonchev–Trinajstić information content (AvgIpc) is 2.62. The number of hydrogen-bond donors (Lipinski definition) is 0. The molecule has 4 aromatic rings. The van der Waals surface area contributed by atoms with Gasteiger partial charge in [0, 0.05) is 17.5 Å². The molecule has 118 valence electrons. The van der Waals surface area contributed by atoms with E-state index in [1.165, 1.54) is 0 Å². The molecule has 0 spiro atoms. The molecule has 2 heterocycles. The normalized spacial score (nSPS) is 10.3. The minimum atomic E-state index is -0.348. The number of rotatable bonds is 2. The zero-order valence-corrected chi connectivity index (χ0v) is 14.3. The fourth-order valence-electron chi connectivity index (χ4n) is 2.82. The van der Waals surface area contributed by atoms with E-state index in [4.69, 9.17) is 4.42 Å². The maximum atomic E-state index is 12.6. The van der Waals surface area contributed by atoms with Crippen LogP contribution in [0.3, 0.4) is 0 Å². The summed E-state index contributed by atoms with van der Waals surface area (Å²) in [6, 6.07) is 23.2. The number of benzene rings is 2. The first-order valence-corrected chi connectivity index (χ1v) is 7.42. The lowest BCUT2D eigenvalue weighted by atomic mass is 10.00. The molecule has 0 aliphatic carbocycles. The van der Waals surface area contributed by atoms with Gasteiger partial charge in [0.05, 0.1) is 5.56 Å². The molecule has 4 heteroatoms. The molecule has 0 atom stereocenters. The Morgan fingerprint density at radius 2 is 1.38 bits per heavy atom. The van der Waals surface area contributed by atoms with Crippen molar-refractivity contribution < 1.29 is 26.0 Å². The van der Waals surface area contributed by atoms with Crippen LogP contribution < -0.4 is 27.2 Å². The van der Waals surface area contributed by atoms with E-state index in [9.17, 15) is 4.79 Å². The number of fused-ring (bicyclic) bond motifs is 1. The third kappa shape index (κ3) is 2.76. The van der Waals surface area contributed by atoms with Crippen LogP contribution >= 0.6 is 0 Å². The summed E-state index contributed by atoms with van der Waals surface area (Å²) in [5, 5.41) is 0.921. The summed E-state index contributed by atoms with van der Waals surface area (Å²) < 4.78 is 7.34. The largest absolute Gasteiger partial charge is 1.00 e. The summed E-state index contributed by atoms with van der Waals surface area (Å²) in [6.07, 6.45) is 3.71. The lowest BCUT2D eigenvalue weighted by Crippen LogP contribution is -3.00. The Morgan fingerprint density at radius 1 is 0.750 bits per heavy atom. The molecule has 0 amide bonds. The van der Waals surface area contributed by atoms with Gasteiger partial charge in [-0.3, -0.25) is 0 Å². The van der Waals surface area contributed by atoms with E-state index in [1.807, 2.05) is 85.2 Å². The first-order chi connectivity index (χ1) is 11.3. The topological polar surface area (TPSA) is 34.1 Å². The molecule has 0 N–H and O–H groups in total.